The zero-order chi connectivity index (χ0) is 15.0. The zero-order valence-electron chi connectivity index (χ0n) is 13.7. The van der Waals surface area contributed by atoms with Crippen molar-refractivity contribution in [2.75, 3.05) is 6.54 Å². The van der Waals surface area contributed by atoms with Crippen LogP contribution in [-0.2, 0) is 0 Å². The van der Waals surface area contributed by atoms with Crippen LogP contribution in [0.15, 0.2) is 24.3 Å². The average molecular weight is 271 g/mol. The van der Waals surface area contributed by atoms with Crippen molar-refractivity contribution < 1.29 is 0 Å². The fourth-order valence-corrected chi connectivity index (χ4v) is 2.15. The summed E-state index contributed by atoms with van der Waals surface area (Å²) in [5, 5.41) is 3.42. The molecule has 0 amide bonds. The summed E-state index contributed by atoms with van der Waals surface area (Å²) in [5.74, 6) is 6.54. The van der Waals surface area contributed by atoms with Crippen LogP contribution in [-0.4, -0.2) is 6.54 Å². The number of rotatable bonds is 5. The first-order valence-electron chi connectivity index (χ1n) is 7.74. The molecule has 0 fully saturated rings. The van der Waals surface area contributed by atoms with Crippen molar-refractivity contribution in [3.05, 3.63) is 35.4 Å². The van der Waals surface area contributed by atoms with Crippen LogP contribution in [0.3, 0.4) is 0 Å². The van der Waals surface area contributed by atoms with E-state index in [1.165, 1.54) is 18.4 Å². The molecule has 1 N–H and O–H groups in total. The quantitative estimate of drug-likeness (QED) is 0.592. The van der Waals surface area contributed by atoms with Crippen molar-refractivity contribution in [1.82, 2.24) is 5.32 Å². The summed E-state index contributed by atoms with van der Waals surface area (Å²) >= 11 is 0. The number of benzene rings is 1. The summed E-state index contributed by atoms with van der Waals surface area (Å²) in [6.45, 7) is 12.2. The summed E-state index contributed by atoms with van der Waals surface area (Å²) in [6, 6.07) is 9.01. The first kappa shape index (κ1) is 16.8. The topological polar surface area (TPSA) is 12.0 Å². The highest BCUT2D eigenvalue weighted by molar-refractivity contribution is 5.36. The Bertz CT molecular complexity index is 439. The molecule has 0 saturated carbocycles. The van der Waals surface area contributed by atoms with Gasteiger partial charge in [0.05, 0.1) is 0 Å². The monoisotopic (exact) mass is 271 g/mol. The van der Waals surface area contributed by atoms with Gasteiger partial charge in [0.2, 0.25) is 0 Å². The van der Waals surface area contributed by atoms with Crippen LogP contribution in [0.1, 0.15) is 71.0 Å². The Morgan fingerprint density at radius 3 is 2.35 bits per heavy atom. The maximum Gasteiger partial charge on any atom is 0.0291 e. The molecule has 1 aromatic carbocycles. The normalized spacial score (nSPS) is 12.7. The van der Waals surface area contributed by atoms with Gasteiger partial charge in [-0.3, -0.25) is 0 Å². The van der Waals surface area contributed by atoms with Crippen LogP contribution in [0.5, 0.6) is 0 Å². The third-order valence-corrected chi connectivity index (χ3v) is 3.38. The van der Waals surface area contributed by atoms with Crippen molar-refractivity contribution in [3.8, 4) is 11.8 Å². The molecule has 1 nitrogen and oxygen atoms in total. The van der Waals surface area contributed by atoms with Crippen LogP contribution in [0.2, 0.25) is 0 Å². The van der Waals surface area contributed by atoms with E-state index in [0.717, 1.165) is 18.5 Å². The molecular weight excluding hydrogens is 242 g/mol. The highest BCUT2D eigenvalue weighted by atomic mass is 14.9. The van der Waals surface area contributed by atoms with Gasteiger partial charge in [-0.15, -0.1) is 0 Å². The molecule has 0 aliphatic carbocycles. The van der Waals surface area contributed by atoms with Crippen molar-refractivity contribution in [2.45, 2.75) is 59.9 Å². The van der Waals surface area contributed by atoms with Gasteiger partial charge in [0, 0.05) is 18.0 Å². The van der Waals surface area contributed by atoms with E-state index in [1.807, 2.05) is 0 Å². The van der Waals surface area contributed by atoms with E-state index in [1.54, 1.807) is 0 Å². The molecule has 1 heteroatoms. The number of nitrogens with one attached hydrogen (secondary N) is 1. The lowest BCUT2D eigenvalue weighted by molar-refractivity contribution is 0.368. The molecule has 1 unspecified atom stereocenters. The molecule has 0 bridgehead atoms. The predicted molar refractivity (Wildman–Crippen MR) is 88.7 cm³/mol. The summed E-state index contributed by atoms with van der Waals surface area (Å²) in [6.07, 6.45) is 3.42. The standard InChI is InChI=1S/C19H29N/c1-6-20-16(2)18-13-11-17(12-14-18)10-8-7-9-15-19(3,4)5/h11-14,16,20H,6-7,9,15H2,1-5H3. The number of unbranched alkanes of at least 4 members (excludes halogenated alkanes) is 1. The molecule has 1 atom stereocenters. The Hall–Kier alpha value is -1.26. The Labute approximate surface area is 125 Å². The highest BCUT2D eigenvalue weighted by Crippen LogP contribution is 2.21. The lowest BCUT2D eigenvalue weighted by Gasteiger charge is -2.16. The second kappa shape index (κ2) is 8.12. The first-order valence-corrected chi connectivity index (χ1v) is 7.74. The van der Waals surface area contributed by atoms with Crippen molar-refractivity contribution in [2.24, 2.45) is 5.41 Å². The Balaban J connectivity index is 2.46. The van der Waals surface area contributed by atoms with Gasteiger partial charge >= 0.3 is 0 Å². The Morgan fingerprint density at radius 1 is 1.15 bits per heavy atom. The molecule has 110 valence electrons. The van der Waals surface area contributed by atoms with Gasteiger partial charge in [-0.05, 0) is 49.4 Å². The summed E-state index contributed by atoms with van der Waals surface area (Å²) in [4.78, 5) is 0. The van der Waals surface area contributed by atoms with Crippen molar-refractivity contribution >= 4 is 0 Å². The van der Waals surface area contributed by atoms with Gasteiger partial charge in [0.1, 0.15) is 0 Å². The van der Waals surface area contributed by atoms with E-state index < -0.39 is 0 Å². The summed E-state index contributed by atoms with van der Waals surface area (Å²) in [7, 11) is 0. The fourth-order valence-electron chi connectivity index (χ4n) is 2.15. The summed E-state index contributed by atoms with van der Waals surface area (Å²) < 4.78 is 0. The van der Waals surface area contributed by atoms with Gasteiger partial charge in [-0.1, -0.05) is 51.7 Å². The molecule has 0 saturated heterocycles. The number of hydrogen-bond acceptors (Lipinski definition) is 1. The SMILES string of the molecule is CCNC(C)c1ccc(C#CCCCC(C)(C)C)cc1. The molecule has 20 heavy (non-hydrogen) atoms. The van der Waals surface area contributed by atoms with Crippen LogP contribution in [0.25, 0.3) is 0 Å². The predicted octanol–water partition coefficient (Wildman–Crippen LogP) is 4.93. The zero-order valence-corrected chi connectivity index (χ0v) is 13.7. The first-order chi connectivity index (χ1) is 9.42. The van der Waals surface area contributed by atoms with Gasteiger partial charge in [0.25, 0.3) is 0 Å². The van der Waals surface area contributed by atoms with Gasteiger partial charge in [-0.2, -0.15) is 0 Å². The minimum absolute atomic E-state index is 0.411. The van der Waals surface area contributed by atoms with E-state index in [4.69, 9.17) is 0 Å². The van der Waals surface area contributed by atoms with Crippen molar-refractivity contribution in [3.63, 3.8) is 0 Å². The fraction of sp³-hybridized carbons (Fsp3) is 0.579. The number of hydrogen-bond donors (Lipinski definition) is 1. The van der Waals surface area contributed by atoms with Crippen LogP contribution >= 0.6 is 0 Å². The average Bonchev–Trinajstić information content (AvgIpc) is 2.38. The second-order valence-electron chi connectivity index (χ2n) is 6.62. The molecule has 0 aromatic heterocycles. The largest absolute Gasteiger partial charge is 0.310 e. The third-order valence-electron chi connectivity index (χ3n) is 3.38. The minimum Gasteiger partial charge on any atom is -0.310 e. The van der Waals surface area contributed by atoms with E-state index in [2.05, 4.69) is 76.0 Å². The molecule has 0 spiro atoms. The third kappa shape index (κ3) is 6.78. The van der Waals surface area contributed by atoms with Crippen LogP contribution in [0.4, 0.5) is 0 Å². The van der Waals surface area contributed by atoms with Crippen molar-refractivity contribution in [1.29, 1.82) is 0 Å². The minimum atomic E-state index is 0.411. The molecule has 1 aromatic rings. The van der Waals surface area contributed by atoms with Crippen LogP contribution < -0.4 is 5.32 Å². The smallest absolute Gasteiger partial charge is 0.0291 e. The van der Waals surface area contributed by atoms with E-state index in [0.29, 0.717) is 11.5 Å². The molecule has 0 aliphatic rings. The van der Waals surface area contributed by atoms with E-state index >= 15 is 0 Å². The Kier molecular flexibility index (Phi) is 6.82. The van der Waals surface area contributed by atoms with Gasteiger partial charge in [0.15, 0.2) is 0 Å². The summed E-state index contributed by atoms with van der Waals surface area (Å²) in [5.41, 5.74) is 2.87. The lowest BCUT2D eigenvalue weighted by atomic mass is 9.90. The second-order valence-corrected chi connectivity index (χ2v) is 6.62. The lowest BCUT2D eigenvalue weighted by Crippen LogP contribution is -2.17. The molecule has 0 heterocycles. The molecular formula is C19H29N. The molecule has 0 aliphatic heterocycles. The van der Waals surface area contributed by atoms with Gasteiger partial charge < -0.3 is 5.32 Å². The van der Waals surface area contributed by atoms with E-state index in [9.17, 15) is 0 Å². The molecule has 1 rings (SSSR count). The maximum absolute atomic E-state index is 3.42. The Morgan fingerprint density at radius 2 is 1.80 bits per heavy atom. The molecule has 0 radical (unpaired) electrons. The van der Waals surface area contributed by atoms with Crippen LogP contribution in [0, 0.1) is 17.3 Å². The highest BCUT2D eigenvalue weighted by Gasteiger charge is 2.08. The maximum atomic E-state index is 3.42. The van der Waals surface area contributed by atoms with E-state index in [-0.39, 0.29) is 0 Å². The van der Waals surface area contributed by atoms with Gasteiger partial charge in [-0.25, -0.2) is 0 Å².